The van der Waals surface area contributed by atoms with Gasteiger partial charge in [0, 0.05) is 33.0 Å². The van der Waals surface area contributed by atoms with Gasteiger partial charge in [0.2, 0.25) is 0 Å². The Hall–Kier alpha value is -1.82. The Balaban J connectivity index is 2.12. The molecule has 19 heavy (non-hydrogen) atoms. The lowest BCUT2D eigenvalue weighted by Crippen LogP contribution is -2.27. The van der Waals surface area contributed by atoms with Crippen molar-refractivity contribution >= 4 is 17.5 Å². The quantitative estimate of drug-likeness (QED) is 0.855. The van der Waals surface area contributed by atoms with Gasteiger partial charge in [0.1, 0.15) is 0 Å². The van der Waals surface area contributed by atoms with E-state index in [0.29, 0.717) is 18.1 Å². The van der Waals surface area contributed by atoms with Crippen LogP contribution < -0.4 is 0 Å². The molecule has 2 heterocycles. The minimum absolute atomic E-state index is 0.206. The minimum atomic E-state index is -0.206. The van der Waals surface area contributed by atoms with Crippen molar-refractivity contribution in [3.63, 3.8) is 0 Å². The van der Waals surface area contributed by atoms with Crippen molar-refractivity contribution in [2.75, 3.05) is 7.05 Å². The van der Waals surface area contributed by atoms with Gasteiger partial charge in [-0.25, -0.2) is 0 Å². The molecule has 1 amide bonds. The molecule has 0 aliphatic rings. The number of carbonyl (C=O) groups excluding carboxylic acids is 1. The fourth-order valence-electron chi connectivity index (χ4n) is 1.75. The summed E-state index contributed by atoms with van der Waals surface area (Å²) in [5.74, 6) is -0.206. The van der Waals surface area contributed by atoms with Crippen LogP contribution in [0.1, 0.15) is 23.1 Å². The van der Waals surface area contributed by atoms with Gasteiger partial charge in [-0.1, -0.05) is 11.6 Å². The van der Waals surface area contributed by atoms with Crippen molar-refractivity contribution in [1.82, 2.24) is 24.5 Å². The first-order valence-corrected chi connectivity index (χ1v) is 6.36. The number of aryl methyl sites for hydroxylation is 2. The first kappa shape index (κ1) is 13.6. The summed E-state index contributed by atoms with van der Waals surface area (Å²) in [5, 5.41) is 8.77. The highest BCUT2D eigenvalue weighted by molar-refractivity contribution is 6.33. The van der Waals surface area contributed by atoms with E-state index in [4.69, 9.17) is 11.6 Å². The standard InChI is InChI=1S/C12H16ClN5O/c1-4-18-8-10(13)11(15-18)12(19)16(2)7-9-5-6-17(3)14-9/h5-6,8H,4,7H2,1-3H3. The molecule has 0 aliphatic carbocycles. The number of carbonyl (C=O) groups is 1. The Morgan fingerprint density at radius 3 is 2.74 bits per heavy atom. The summed E-state index contributed by atoms with van der Waals surface area (Å²) in [4.78, 5) is 13.8. The fourth-order valence-corrected chi connectivity index (χ4v) is 1.98. The number of halogens is 1. The van der Waals surface area contributed by atoms with E-state index >= 15 is 0 Å². The zero-order valence-electron chi connectivity index (χ0n) is 11.2. The van der Waals surface area contributed by atoms with Gasteiger partial charge in [-0.15, -0.1) is 0 Å². The molecule has 2 aromatic rings. The fraction of sp³-hybridized carbons (Fsp3) is 0.417. The Labute approximate surface area is 116 Å². The third kappa shape index (κ3) is 2.96. The Morgan fingerprint density at radius 2 is 2.21 bits per heavy atom. The predicted octanol–water partition coefficient (Wildman–Crippen LogP) is 1.56. The summed E-state index contributed by atoms with van der Waals surface area (Å²) in [5.41, 5.74) is 1.10. The lowest BCUT2D eigenvalue weighted by atomic mass is 10.3. The maximum atomic E-state index is 12.2. The molecule has 0 unspecified atom stereocenters. The number of nitrogens with zero attached hydrogens (tertiary/aromatic N) is 5. The van der Waals surface area contributed by atoms with Gasteiger partial charge in [0.05, 0.1) is 17.3 Å². The normalized spacial score (nSPS) is 10.7. The molecule has 0 aromatic carbocycles. The van der Waals surface area contributed by atoms with Crippen molar-refractivity contribution < 1.29 is 4.79 Å². The van der Waals surface area contributed by atoms with Crippen molar-refractivity contribution in [1.29, 1.82) is 0 Å². The molecule has 0 spiro atoms. The molecular formula is C12H16ClN5O. The zero-order valence-corrected chi connectivity index (χ0v) is 11.9. The highest BCUT2D eigenvalue weighted by Crippen LogP contribution is 2.16. The molecule has 0 saturated carbocycles. The Kier molecular flexibility index (Phi) is 3.90. The van der Waals surface area contributed by atoms with E-state index < -0.39 is 0 Å². The van der Waals surface area contributed by atoms with Crippen LogP contribution in [0.25, 0.3) is 0 Å². The second-order valence-corrected chi connectivity index (χ2v) is 4.73. The molecule has 6 nitrogen and oxygen atoms in total. The lowest BCUT2D eigenvalue weighted by Gasteiger charge is -2.14. The van der Waals surface area contributed by atoms with Gasteiger partial charge in [0.15, 0.2) is 5.69 Å². The second kappa shape index (κ2) is 5.44. The van der Waals surface area contributed by atoms with E-state index in [1.807, 2.05) is 26.2 Å². The average molecular weight is 282 g/mol. The minimum Gasteiger partial charge on any atom is -0.334 e. The van der Waals surface area contributed by atoms with Crippen LogP contribution in [0.3, 0.4) is 0 Å². The molecule has 102 valence electrons. The Bertz CT molecular complexity index is 589. The summed E-state index contributed by atoms with van der Waals surface area (Å²) in [6, 6.07) is 1.87. The SMILES string of the molecule is CCn1cc(Cl)c(C(=O)N(C)Cc2ccn(C)n2)n1. The van der Waals surface area contributed by atoms with Crippen LogP contribution in [0.4, 0.5) is 0 Å². The van der Waals surface area contributed by atoms with Crippen molar-refractivity contribution in [3.8, 4) is 0 Å². The summed E-state index contributed by atoms with van der Waals surface area (Å²) < 4.78 is 3.34. The summed E-state index contributed by atoms with van der Waals surface area (Å²) in [6.45, 7) is 3.04. The van der Waals surface area contributed by atoms with Crippen LogP contribution in [-0.2, 0) is 20.1 Å². The van der Waals surface area contributed by atoms with Crippen LogP contribution in [-0.4, -0.2) is 37.4 Å². The molecule has 7 heteroatoms. The second-order valence-electron chi connectivity index (χ2n) is 4.32. The largest absolute Gasteiger partial charge is 0.334 e. The molecule has 2 rings (SSSR count). The summed E-state index contributed by atoms with van der Waals surface area (Å²) >= 11 is 6.02. The maximum absolute atomic E-state index is 12.2. The Morgan fingerprint density at radius 1 is 1.47 bits per heavy atom. The zero-order chi connectivity index (χ0) is 14.0. The first-order chi connectivity index (χ1) is 9.01. The molecule has 0 radical (unpaired) electrons. The molecule has 0 fully saturated rings. The molecule has 0 saturated heterocycles. The number of hydrogen-bond acceptors (Lipinski definition) is 3. The molecular weight excluding hydrogens is 266 g/mol. The lowest BCUT2D eigenvalue weighted by molar-refractivity contribution is 0.0776. The van der Waals surface area contributed by atoms with Gasteiger partial charge in [-0.05, 0) is 13.0 Å². The van der Waals surface area contributed by atoms with Crippen LogP contribution in [0.15, 0.2) is 18.5 Å². The number of aromatic nitrogens is 4. The number of hydrogen-bond donors (Lipinski definition) is 0. The smallest absolute Gasteiger partial charge is 0.276 e. The molecule has 0 atom stereocenters. The monoisotopic (exact) mass is 281 g/mol. The molecule has 2 aromatic heterocycles. The van der Waals surface area contributed by atoms with E-state index in [0.717, 1.165) is 5.69 Å². The van der Waals surface area contributed by atoms with Gasteiger partial charge < -0.3 is 4.90 Å². The third-order valence-electron chi connectivity index (χ3n) is 2.76. The third-order valence-corrected chi connectivity index (χ3v) is 3.03. The van der Waals surface area contributed by atoms with Gasteiger partial charge in [-0.3, -0.25) is 14.2 Å². The van der Waals surface area contributed by atoms with E-state index in [2.05, 4.69) is 10.2 Å². The number of rotatable bonds is 4. The van der Waals surface area contributed by atoms with Crippen LogP contribution >= 0.6 is 11.6 Å². The predicted molar refractivity (Wildman–Crippen MR) is 71.9 cm³/mol. The van der Waals surface area contributed by atoms with Crippen LogP contribution in [0, 0.1) is 0 Å². The van der Waals surface area contributed by atoms with Gasteiger partial charge in [-0.2, -0.15) is 10.2 Å². The summed E-state index contributed by atoms with van der Waals surface area (Å²) in [6.07, 6.45) is 3.50. The van der Waals surface area contributed by atoms with Crippen LogP contribution in [0.2, 0.25) is 5.02 Å². The van der Waals surface area contributed by atoms with Crippen molar-refractivity contribution in [2.24, 2.45) is 7.05 Å². The van der Waals surface area contributed by atoms with E-state index in [9.17, 15) is 4.79 Å². The van der Waals surface area contributed by atoms with E-state index in [1.54, 1.807) is 27.5 Å². The molecule has 0 bridgehead atoms. The van der Waals surface area contributed by atoms with E-state index in [1.165, 1.54) is 0 Å². The maximum Gasteiger partial charge on any atom is 0.276 e. The van der Waals surface area contributed by atoms with Gasteiger partial charge >= 0.3 is 0 Å². The topological polar surface area (TPSA) is 56.0 Å². The first-order valence-electron chi connectivity index (χ1n) is 5.98. The van der Waals surface area contributed by atoms with E-state index in [-0.39, 0.29) is 11.6 Å². The highest BCUT2D eigenvalue weighted by Gasteiger charge is 2.19. The highest BCUT2D eigenvalue weighted by atomic mass is 35.5. The average Bonchev–Trinajstić information content (AvgIpc) is 2.94. The van der Waals surface area contributed by atoms with Gasteiger partial charge in [0.25, 0.3) is 5.91 Å². The molecule has 0 aliphatic heterocycles. The van der Waals surface area contributed by atoms with Crippen LogP contribution in [0.5, 0.6) is 0 Å². The molecule has 0 N–H and O–H groups in total. The van der Waals surface area contributed by atoms with Crippen molar-refractivity contribution in [2.45, 2.75) is 20.0 Å². The number of amides is 1. The summed E-state index contributed by atoms with van der Waals surface area (Å²) in [7, 11) is 3.55. The van der Waals surface area contributed by atoms with Crippen molar-refractivity contribution in [3.05, 3.63) is 34.9 Å².